The largest absolute Gasteiger partial charge is 0.472 e. The first-order valence-electron chi connectivity index (χ1n) is 12.4. The maximum absolute atomic E-state index is 11.8. The van der Waals surface area contributed by atoms with E-state index in [0.29, 0.717) is 6.42 Å². The number of nitrogens with one attached hydrogen (secondary N) is 1. The Morgan fingerprint density at radius 1 is 0.914 bits per heavy atom. The third-order valence-electron chi connectivity index (χ3n) is 4.64. The normalized spacial score (nSPS) is 14.5. The lowest BCUT2D eigenvalue weighted by Crippen LogP contribution is -2.27. The number of amides is 1. The third kappa shape index (κ3) is 25.1. The summed E-state index contributed by atoms with van der Waals surface area (Å²) in [4.78, 5) is 32.0. The summed E-state index contributed by atoms with van der Waals surface area (Å²) in [6.07, 6.45) is 21.6. The number of allylic oxidation sites excluding steroid dienone is 6. The maximum atomic E-state index is 11.8. The minimum absolute atomic E-state index is 0.0692. The van der Waals surface area contributed by atoms with Crippen molar-refractivity contribution in [3.05, 3.63) is 36.5 Å². The van der Waals surface area contributed by atoms with Gasteiger partial charge in [0.2, 0.25) is 5.91 Å². The van der Waals surface area contributed by atoms with Crippen molar-refractivity contribution in [3.63, 3.8) is 0 Å². The average Bonchev–Trinajstić information content (AvgIpc) is 2.81. The summed E-state index contributed by atoms with van der Waals surface area (Å²) < 4.78 is 25.6. The number of carbonyl (C=O) groups is 2. The van der Waals surface area contributed by atoms with E-state index < -0.39 is 26.5 Å². The van der Waals surface area contributed by atoms with Gasteiger partial charge in [0.05, 0.1) is 13.2 Å². The summed E-state index contributed by atoms with van der Waals surface area (Å²) in [5.74, 6) is -0.721. The second kappa shape index (κ2) is 22.7. The lowest BCUT2D eigenvalue weighted by Gasteiger charge is -2.15. The smallest absolute Gasteiger partial charge is 0.463 e. The van der Waals surface area contributed by atoms with Gasteiger partial charge in [-0.2, -0.15) is 0 Å². The van der Waals surface area contributed by atoms with E-state index in [0.717, 1.165) is 57.8 Å². The predicted octanol–water partition coefficient (Wildman–Crippen LogP) is 4.75. The van der Waals surface area contributed by atoms with E-state index in [9.17, 15) is 24.2 Å². The van der Waals surface area contributed by atoms with Gasteiger partial charge >= 0.3 is 13.8 Å². The van der Waals surface area contributed by atoms with E-state index in [1.165, 1.54) is 6.92 Å². The zero-order chi connectivity index (χ0) is 26.2. The van der Waals surface area contributed by atoms with E-state index in [1.807, 2.05) is 0 Å². The summed E-state index contributed by atoms with van der Waals surface area (Å²) in [7, 11) is -4.37. The molecule has 0 radical (unpaired) electrons. The van der Waals surface area contributed by atoms with Crippen molar-refractivity contribution < 1.29 is 37.9 Å². The molecule has 2 atom stereocenters. The topological polar surface area (TPSA) is 131 Å². The third-order valence-corrected chi connectivity index (χ3v) is 5.63. The zero-order valence-corrected chi connectivity index (χ0v) is 22.1. The molecule has 0 saturated carbocycles. The number of phosphoric acid groups is 1. The Hall–Kier alpha value is -1.77. The number of hydrogen-bond donors (Lipinski definition) is 3. The Bertz CT molecular complexity index is 693. The van der Waals surface area contributed by atoms with Crippen LogP contribution in [0.5, 0.6) is 0 Å². The number of rotatable bonds is 22. The maximum Gasteiger partial charge on any atom is 0.472 e. The molecular weight excluding hydrogens is 473 g/mol. The van der Waals surface area contributed by atoms with Crippen LogP contribution >= 0.6 is 7.82 Å². The Kier molecular flexibility index (Phi) is 21.5. The lowest BCUT2D eigenvalue weighted by molar-refractivity contribution is -0.144. The highest BCUT2D eigenvalue weighted by molar-refractivity contribution is 7.47. The van der Waals surface area contributed by atoms with Crippen molar-refractivity contribution in [1.29, 1.82) is 0 Å². The van der Waals surface area contributed by atoms with Crippen LogP contribution in [0.2, 0.25) is 0 Å². The number of ether oxygens (including phenoxy) is 1. The molecule has 0 heterocycles. The minimum atomic E-state index is -4.37. The first-order valence-corrected chi connectivity index (χ1v) is 13.9. The van der Waals surface area contributed by atoms with Crippen LogP contribution in [-0.2, 0) is 27.9 Å². The van der Waals surface area contributed by atoms with Gasteiger partial charge in [-0.15, -0.1) is 0 Å². The molecule has 0 aliphatic rings. The van der Waals surface area contributed by atoms with Gasteiger partial charge in [0.25, 0.3) is 0 Å². The van der Waals surface area contributed by atoms with Crippen LogP contribution in [0.4, 0.5) is 0 Å². The highest BCUT2D eigenvalue weighted by Crippen LogP contribution is 2.42. The van der Waals surface area contributed by atoms with E-state index in [4.69, 9.17) is 4.52 Å². The molecule has 0 saturated heterocycles. The van der Waals surface area contributed by atoms with Gasteiger partial charge in [-0.05, 0) is 38.5 Å². The SMILES string of the molecule is CC/C=C\C/C=C\C/C=C\CCCCCCCC(=O)NCCOP(=O)(O)OCC(O)COC(C)=O. The van der Waals surface area contributed by atoms with Gasteiger partial charge in [0.1, 0.15) is 12.7 Å². The van der Waals surface area contributed by atoms with Crippen molar-refractivity contribution in [2.24, 2.45) is 0 Å². The van der Waals surface area contributed by atoms with Crippen LogP contribution in [-0.4, -0.2) is 54.3 Å². The zero-order valence-electron chi connectivity index (χ0n) is 21.2. The number of carbonyl (C=O) groups excluding carboxylic acids is 2. The van der Waals surface area contributed by atoms with Crippen molar-refractivity contribution in [2.45, 2.75) is 84.2 Å². The average molecular weight is 518 g/mol. The number of aliphatic hydroxyl groups excluding tert-OH is 1. The van der Waals surface area contributed by atoms with Crippen LogP contribution in [0, 0.1) is 0 Å². The van der Waals surface area contributed by atoms with Crippen LogP contribution in [0.1, 0.15) is 78.1 Å². The molecule has 3 N–H and O–H groups in total. The Balaban J connectivity index is 3.60. The lowest BCUT2D eigenvalue weighted by atomic mass is 10.1. The highest BCUT2D eigenvalue weighted by atomic mass is 31.2. The van der Waals surface area contributed by atoms with Gasteiger partial charge < -0.3 is 20.1 Å². The van der Waals surface area contributed by atoms with E-state index in [1.54, 1.807) is 0 Å². The second-order valence-electron chi connectivity index (χ2n) is 8.00. The molecule has 35 heavy (non-hydrogen) atoms. The van der Waals surface area contributed by atoms with E-state index in [2.05, 4.69) is 58.0 Å². The molecule has 0 aromatic carbocycles. The van der Waals surface area contributed by atoms with E-state index >= 15 is 0 Å². The molecule has 0 aromatic rings. The Labute approximate surface area is 210 Å². The number of aliphatic hydroxyl groups is 1. The summed E-state index contributed by atoms with van der Waals surface area (Å²) in [5, 5.41) is 12.1. The summed E-state index contributed by atoms with van der Waals surface area (Å²) >= 11 is 0. The molecule has 2 unspecified atom stereocenters. The molecule has 10 heteroatoms. The van der Waals surface area contributed by atoms with Crippen LogP contribution in [0.3, 0.4) is 0 Å². The van der Waals surface area contributed by atoms with Crippen molar-refractivity contribution in [1.82, 2.24) is 5.32 Å². The molecule has 9 nitrogen and oxygen atoms in total. The van der Waals surface area contributed by atoms with Gasteiger partial charge in [0, 0.05) is 19.9 Å². The molecule has 0 aromatic heterocycles. The second-order valence-corrected chi connectivity index (χ2v) is 9.46. The summed E-state index contributed by atoms with van der Waals surface area (Å²) in [6.45, 7) is 2.29. The number of esters is 1. The molecule has 202 valence electrons. The van der Waals surface area contributed by atoms with Crippen LogP contribution in [0.15, 0.2) is 36.5 Å². The van der Waals surface area contributed by atoms with Gasteiger partial charge in [-0.25, -0.2) is 4.57 Å². The van der Waals surface area contributed by atoms with Crippen LogP contribution < -0.4 is 5.32 Å². The molecule has 0 aliphatic heterocycles. The predicted molar refractivity (Wildman–Crippen MR) is 137 cm³/mol. The van der Waals surface area contributed by atoms with Gasteiger partial charge in [0.15, 0.2) is 0 Å². The van der Waals surface area contributed by atoms with Crippen molar-refractivity contribution in [2.75, 3.05) is 26.4 Å². The molecule has 1 amide bonds. The van der Waals surface area contributed by atoms with Crippen LogP contribution in [0.25, 0.3) is 0 Å². The molecule has 0 aliphatic carbocycles. The van der Waals surface area contributed by atoms with Crippen molar-refractivity contribution >= 4 is 19.7 Å². The monoisotopic (exact) mass is 517 g/mol. The van der Waals surface area contributed by atoms with E-state index in [-0.39, 0.29) is 25.7 Å². The number of phosphoric ester groups is 1. The summed E-state index contributed by atoms with van der Waals surface area (Å²) in [5.41, 5.74) is 0. The molecule has 0 fully saturated rings. The number of unbranched alkanes of at least 4 members (excludes halogenated alkanes) is 5. The Morgan fingerprint density at radius 3 is 2.23 bits per heavy atom. The quantitative estimate of drug-likeness (QED) is 0.0811. The fourth-order valence-electron chi connectivity index (χ4n) is 2.82. The van der Waals surface area contributed by atoms with Gasteiger partial charge in [-0.3, -0.25) is 18.6 Å². The molecule has 0 rings (SSSR count). The fraction of sp³-hybridized carbons (Fsp3) is 0.680. The fourth-order valence-corrected chi connectivity index (χ4v) is 3.58. The minimum Gasteiger partial charge on any atom is -0.463 e. The summed E-state index contributed by atoms with van der Waals surface area (Å²) in [6, 6.07) is 0. The van der Waals surface area contributed by atoms with Gasteiger partial charge in [-0.1, -0.05) is 62.6 Å². The Morgan fingerprint density at radius 2 is 1.54 bits per heavy atom. The first kappa shape index (κ1) is 33.2. The molecule has 0 spiro atoms. The highest BCUT2D eigenvalue weighted by Gasteiger charge is 2.23. The number of hydrogen-bond acceptors (Lipinski definition) is 7. The molecular formula is C25H44NO8P. The molecule has 0 bridgehead atoms. The van der Waals surface area contributed by atoms with Crippen molar-refractivity contribution in [3.8, 4) is 0 Å². The first-order chi connectivity index (χ1) is 16.8. The standard InChI is InChI=1S/C25H44NO8P/c1-3-4-5-6-7-8-9-10-11-12-13-14-15-16-17-18-25(29)26-19-20-33-35(30,31)34-22-24(28)21-32-23(2)27/h4-5,7-8,10-11,24,28H,3,6,9,12-22H2,1-2H3,(H,26,29)(H,30,31)/b5-4-,8-7-,11-10-.